The fourth-order valence-electron chi connectivity index (χ4n) is 7.42. The van der Waals surface area contributed by atoms with Crippen molar-refractivity contribution in [2.45, 2.75) is 38.5 Å². The molecule has 0 radical (unpaired) electrons. The molecule has 2 aliphatic heterocycles. The van der Waals surface area contributed by atoms with E-state index in [4.69, 9.17) is 9.47 Å². The van der Waals surface area contributed by atoms with Crippen molar-refractivity contribution in [1.29, 1.82) is 0 Å². The number of esters is 2. The third-order valence-electron chi connectivity index (χ3n) is 9.69. The van der Waals surface area contributed by atoms with Gasteiger partial charge in [0.15, 0.2) is 0 Å². The van der Waals surface area contributed by atoms with Crippen molar-refractivity contribution in [2.75, 3.05) is 24.0 Å². The molecule has 0 fully saturated rings. The van der Waals surface area contributed by atoms with E-state index >= 15 is 0 Å². The molecule has 0 saturated carbocycles. The molecule has 6 heteroatoms. The summed E-state index contributed by atoms with van der Waals surface area (Å²) in [4.78, 5) is 32.1. The van der Waals surface area contributed by atoms with Crippen molar-refractivity contribution in [3.05, 3.63) is 143 Å². The van der Waals surface area contributed by atoms with Gasteiger partial charge in [-0.1, -0.05) is 100 Å². The molecule has 7 rings (SSSR count). The molecule has 2 aliphatic rings. The van der Waals surface area contributed by atoms with Crippen LogP contribution in [0.25, 0.3) is 0 Å². The van der Waals surface area contributed by atoms with Crippen molar-refractivity contribution >= 4 is 46.1 Å². The van der Waals surface area contributed by atoms with E-state index < -0.39 is 11.9 Å². The molecule has 2 heterocycles. The summed E-state index contributed by atoms with van der Waals surface area (Å²) in [5.41, 5.74) is 8.94. The van der Waals surface area contributed by atoms with Gasteiger partial charge in [0.25, 0.3) is 0 Å². The Morgan fingerprint density at radius 2 is 0.848 bits per heavy atom. The standard InChI is InChI=1S/C40H36N2O4/c1-39(2)26-15-7-11-19-30(26)41(31-20-12-8-16-27(31)39)34-24-23-25(37(43)45-5)36(35(34)38(44)46-6)42-32-21-13-9-17-28(32)40(3,4)29-18-10-14-22-33(29)42/h7-24H,1-6H3. The van der Waals surface area contributed by atoms with Crippen LogP contribution in [0.1, 0.15) is 70.7 Å². The number of hydrogen-bond acceptors (Lipinski definition) is 6. The second-order valence-corrected chi connectivity index (χ2v) is 12.8. The predicted molar refractivity (Wildman–Crippen MR) is 183 cm³/mol. The molecule has 0 spiro atoms. The fraction of sp³-hybridized carbons (Fsp3) is 0.200. The molecular formula is C40H36N2O4. The molecule has 0 amide bonds. The number of rotatable bonds is 4. The van der Waals surface area contributed by atoms with Gasteiger partial charge in [0.05, 0.1) is 53.9 Å². The summed E-state index contributed by atoms with van der Waals surface area (Å²) >= 11 is 0. The Morgan fingerprint density at radius 3 is 1.24 bits per heavy atom. The molecule has 0 unspecified atom stereocenters. The minimum atomic E-state index is -0.560. The largest absolute Gasteiger partial charge is 0.465 e. The van der Waals surface area contributed by atoms with Crippen molar-refractivity contribution in [3.63, 3.8) is 0 Å². The molecule has 0 saturated heterocycles. The summed E-state index contributed by atoms with van der Waals surface area (Å²) in [5, 5.41) is 0. The molecule has 0 atom stereocenters. The number of carbonyl (C=O) groups excluding carboxylic acids is 2. The number of anilines is 6. The van der Waals surface area contributed by atoms with Gasteiger partial charge in [-0.3, -0.25) is 0 Å². The predicted octanol–water partition coefficient (Wildman–Crippen LogP) is 9.48. The molecule has 6 nitrogen and oxygen atoms in total. The third-order valence-corrected chi connectivity index (χ3v) is 9.69. The SMILES string of the molecule is COC(=O)c1ccc(N2c3ccccc3C(C)(C)c3ccccc32)c(C(=O)OC)c1N1c2ccccc2C(C)(C)c2ccccc21. The van der Waals surface area contributed by atoms with Gasteiger partial charge in [-0.2, -0.15) is 0 Å². The number of carbonyl (C=O) groups is 2. The lowest BCUT2D eigenvalue weighted by molar-refractivity contribution is 0.0601. The van der Waals surface area contributed by atoms with Crippen LogP contribution in [0.5, 0.6) is 0 Å². The lowest BCUT2D eigenvalue weighted by atomic mass is 9.73. The lowest BCUT2D eigenvalue weighted by Crippen LogP contribution is -2.33. The molecular weight excluding hydrogens is 572 g/mol. The van der Waals surface area contributed by atoms with Gasteiger partial charge < -0.3 is 19.3 Å². The number of ether oxygens (including phenoxy) is 2. The van der Waals surface area contributed by atoms with Crippen molar-refractivity contribution in [2.24, 2.45) is 0 Å². The van der Waals surface area contributed by atoms with Gasteiger partial charge in [0.1, 0.15) is 5.56 Å². The first-order chi connectivity index (χ1) is 22.1. The van der Waals surface area contributed by atoms with E-state index in [-0.39, 0.29) is 22.0 Å². The summed E-state index contributed by atoms with van der Waals surface area (Å²) < 4.78 is 10.9. The van der Waals surface area contributed by atoms with Gasteiger partial charge in [-0.15, -0.1) is 0 Å². The maximum Gasteiger partial charge on any atom is 0.342 e. The summed E-state index contributed by atoms with van der Waals surface area (Å²) in [5.74, 6) is -1.11. The normalized spacial score (nSPS) is 15.2. The van der Waals surface area contributed by atoms with Crippen LogP contribution in [0.15, 0.2) is 109 Å². The number of para-hydroxylation sites is 4. The van der Waals surface area contributed by atoms with Crippen LogP contribution >= 0.6 is 0 Å². The van der Waals surface area contributed by atoms with Crippen LogP contribution in [-0.2, 0) is 20.3 Å². The average Bonchev–Trinajstić information content (AvgIpc) is 3.08. The van der Waals surface area contributed by atoms with E-state index in [1.54, 1.807) is 6.07 Å². The second kappa shape index (κ2) is 10.6. The molecule has 5 aromatic carbocycles. The van der Waals surface area contributed by atoms with Gasteiger partial charge in [0.2, 0.25) is 0 Å². The summed E-state index contributed by atoms with van der Waals surface area (Å²) in [6.07, 6.45) is 0. The smallest absolute Gasteiger partial charge is 0.342 e. The first kappa shape index (κ1) is 29.4. The summed E-state index contributed by atoms with van der Waals surface area (Å²) in [7, 11) is 2.74. The first-order valence-corrected chi connectivity index (χ1v) is 15.4. The molecule has 0 aromatic heterocycles. The Kier molecular flexibility index (Phi) is 6.78. The minimum absolute atomic E-state index is 0.259. The Bertz CT molecular complexity index is 1940. The monoisotopic (exact) mass is 608 g/mol. The fourth-order valence-corrected chi connectivity index (χ4v) is 7.42. The highest BCUT2D eigenvalue weighted by Gasteiger charge is 2.42. The minimum Gasteiger partial charge on any atom is -0.465 e. The van der Waals surface area contributed by atoms with E-state index in [2.05, 4.69) is 69.0 Å². The lowest BCUT2D eigenvalue weighted by Gasteiger charge is -2.44. The Morgan fingerprint density at radius 1 is 0.478 bits per heavy atom. The van der Waals surface area contributed by atoms with Gasteiger partial charge >= 0.3 is 11.9 Å². The Hall–Kier alpha value is -5.36. The van der Waals surface area contributed by atoms with E-state index in [1.807, 2.05) is 71.6 Å². The molecule has 46 heavy (non-hydrogen) atoms. The molecule has 230 valence electrons. The summed E-state index contributed by atoms with van der Waals surface area (Å²) in [6, 6.07) is 36.4. The molecule has 0 aliphatic carbocycles. The van der Waals surface area contributed by atoms with Crippen LogP contribution in [0.3, 0.4) is 0 Å². The van der Waals surface area contributed by atoms with Crippen LogP contribution in [0.2, 0.25) is 0 Å². The van der Waals surface area contributed by atoms with Crippen LogP contribution in [0.4, 0.5) is 34.1 Å². The highest BCUT2D eigenvalue weighted by atomic mass is 16.5. The van der Waals surface area contributed by atoms with Gasteiger partial charge in [-0.25, -0.2) is 9.59 Å². The highest BCUT2D eigenvalue weighted by molar-refractivity contribution is 6.13. The van der Waals surface area contributed by atoms with Gasteiger partial charge in [0, 0.05) is 10.8 Å². The molecule has 0 N–H and O–H groups in total. The Labute approximate surface area is 269 Å². The average molecular weight is 609 g/mol. The van der Waals surface area contributed by atoms with Crippen molar-refractivity contribution in [1.82, 2.24) is 0 Å². The zero-order chi connectivity index (χ0) is 32.4. The molecule has 5 aromatic rings. The quantitative estimate of drug-likeness (QED) is 0.190. The zero-order valence-electron chi connectivity index (χ0n) is 26.9. The number of methoxy groups -OCH3 is 2. The third kappa shape index (κ3) is 4.09. The van der Waals surface area contributed by atoms with Gasteiger partial charge in [-0.05, 0) is 58.7 Å². The maximum atomic E-state index is 14.3. The van der Waals surface area contributed by atoms with Crippen LogP contribution < -0.4 is 9.80 Å². The van der Waals surface area contributed by atoms with Crippen molar-refractivity contribution in [3.8, 4) is 0 Å². The number of hydrogen-bond donors (Lipinski definition) is 0. The topological polar surface area (TPSA) is 59.1 Å². The van der Waals surface area contributed by atoms with E-state index in [9.17, 15) is 9.59 Å². The van der Waals surface area contributed by atoms with E-state index in [0.29, 0.717) is 11.4 Å². The summed E-state index contributed by atoms with van der Waals surface area (Å²) in [6.45, 7) is 8.84. The Balaban J connectivity index is 1.63. The number of fused-ring (bicyclic) bond motifs is 4. The number of benzene rings is 5. The first-order valence-electron chi connectivity index (χ1n) is 15.4. The van der Waals surface area contributed by atoms with E-state index in [1.165, 1.54) is 14.2 Å². The van der Waals surface area contributed by atoms with E-state index in [0.717, 1.165) is 45.0 Å². The maximum absolute atomic E-state index is 14.3. The van der Waals surface area contributed by atoms with Crippen LogP contribution in [-0.4, -0.2) is 26.2 Å². The van der Waals surface area contributed by atoms with Crippen LogP contribution in [0, 0.1) is 0 Å². The molecule has 0 bridgehead atoms. The second-order valence-electron chi connectivity index (χ2n) is 12.8. The van der Waals surface area contributed by atoms with Crippen molar-refractivity contribution < 1.29 is 19.1 Å². The number of nitrogens with zero attached hydrogens (tertiary/aromatic N) is 2. The highest BCUT2D eigenvalue weighted by Crippen LogP contribution is 2.57. The zero-order valence-corrected chi connectivity index (χ0v) is 26.9.